The minimum absolute atomic E-state index is 0.0395. The summed E-state index contributed by atoms with van der Waals surface area (Å²) in [5.41, 5.74) is 0. The van der Waals surface area contributed by atoms with Gasteiger partial charge in [-0.05, 0) is 19.4 Å². The molecule has 14 heavy (non-hydrogen) atoms. The molecule has 1 aliphatic rings. The maximum atomic E-state index is 8.96. The lowest BCUT2D eigenvalue weighted by atomic mass is 10.1. The first-order valence-corrected chi connectivity index (χ1v) is 5.11. The first-order chi connectivity index (χ1) is 6.81. The number of rotatable bonds is 3. The summed E-state index contributed by atoms with van der Waals surface area (Å²) in [7, 11) is 0. The minimum atomic E-state index is 0.0395. The van der Waals surface area contributed by atoms with Crippen LogP contribution < -0.4 is 5.32 Å². The van der Waals surface area contributed by atoms with Crippen LogP contribution in [0.3, 0.4) is 0 Å². The predicted molar refractivity (Wildman–Crippen MR) is 52.0 cm³/mol. The van der Waals surface area contributed by atoms with Crippen LogP contribution in [0.5, 0.6) is 0 Å². The van der Waals surface area contributed by atoms with E-state index in [4.69, 9.17) is 9.52 Å². The van der Waals surface area contributed by atoms with Gasteiger partial charge in [-0.25, -0.2) is 4.98 Å². The lowest BCUT2D eigenvalue weighted by molar-refractivity contribution is 0.253. The van der Waals surface area contributed by atoms with Crippen LogP contribution >= 0.6 is 0 Å². The van der Waals surface area contributed by atoms with Crippen molar-refractivity contribution in [1.82, 2.24) is 10.3 Å². The molecule has 4 nitrogen and oxygen atoms in total. The number of oxazole rings is 1. The first-order valence-electron chi connectivity index (χ1n) is 5.11. The maximum absolute atomic E-state index is 8.96. The smallest absolute Gasteiger partial charge is 0.211 e. The molecule has 0 saturated carbocycles. The van der Waals surface area contributed by atoms with E-state index in [2.05, 4.69) is 10.3 Å². The summed E-state index contributed by atoms with van der Waals surface area (Å²) >= 11 is 0. The molecular weight excluding hydrogens is 180 g/mol. The molecule has 78 valence electrons. The quantitative estimate of drug-likeness (QED) is 0.762. The van der Waals surface area contributed by atoms with Crippen molar-refractivity contribution >= 4 is 0 Å². The molecule has 1 fully saturated rings. The van der Waals surface area contributed by atoms with Gasteiger partial charge in [0.2, 0.25) is 5.89 Å². The Labute approximate surface area is 83.3 Å². The van der Waals surface area contributed by atoms with Gasteiger partial charge in [0.05, 0.1) is 18.8 Å². The van der Waals surface area contributed by atoms with Gasteiger partial charge in [-0.15, -0.1) is 0 Å². The Morgan fingerprint density at radius 2 is 2.64 bits per heavy atom. The van der Waals surface area contributed by atoms with Gasteiger partial charge >= 0.3 is 0 Å². The van der Waals surface area contributed by atoms with E-state index in [9.17, 15) is 0 Å². The van der Waals surface area contributed by atoms with Gasteiger partial charge in [-0.1, -0.05) is 6.92 Å². The van der Waals surface area contributed by atoms with Crippen molar-refractivity contribution in [1.29, 1.82) is 0 Å². The van der Waals surface area contributed by atoms with E-state index in [1.807, 2.05) is 6.92 Å². The molecule has 1 aromatic rings. The van der Waals surface area contributed by atoms with Crippen molar-refractivity contribution in [2.45, 2.75) is 31.7 Å². The zero-order valence-corrected chi connectivity index (χ0v) is 8.36. The SMILES string of the molecule is CC(CO)c1cnc(C2CCCN2)o1. The molecule has 0 radical (unpaired) electrons. The van der Waals surface area contributed by atoms with E-state index in [1.54, 1.807) is 6.20 Å². The summed E-state index contributed by atoms with van der Waals surface area (Å²) in [4.78, 5) is 4.23. The van der Waals surface area contributed by atoms with E-state index in [-0.39, 0.29) is 18.6 Å². The van der Waals surface area contributed by atoms with Crippen molar-refractivity contribution in [2.24, 2.45) is 0 Å². The summed E-state index contributed by atoms with van der Waals surface area (Å²) in [5, 5.41) is 12.3. The topological polar surface area (TPSA) is 58.3 Å². The maximum Gasteiger partial charge on any atom is 0.211 e. The standard InChI is InChI=1S/C10H16N2O2/c1-7(6-13)9-5-12-10(14-9)8-3-2-4-11-8/h5,7-8,11,13H,2-4,6H2,1H3. The number of hydrogen-bond acceptors (Lipinski definition) is 4. The zero-order chi connectivity index (χ0) is 9.97. The van der Waals surface area contributed by atoms with Crippen molar-refractivity contribution in [2.75, 3.05) is 13.2 Å². The third-order valence-corrected chi connectivity index (χ3v) is 2.66. The van der Waals surface area contributed by atoms with Gasteiger partial charge in [-0.3, -0.25) is 0 Å². The van der Waals surface area contributed by atoms with E-state index >= 15 is 0 Å². The van der Waals surface area contributed by atoms with Crippen LogP contribution in [-0.2, 0) is 0 Å². The Morgan fingerprint density at radius 3 is 3.29 bits per heavy atom. The van der Waals surface area contributed by atoms with Crippen LogP contribution in [0.25, 0.3) is 0 Å². The molecule has 2 atom stereocenters. The lowest BCUT2D eigenvalue weighted by Gasteiger charge is -2.05. The fourth-order valence-electron chi connectivity index (χ4n) is 1.67. The number of aliphatic hydroxyl groups excluding tert-OH is 1. The van der Waals surface area contributed by atoms with Crippen LogP contribution in [0.2, 0.25) is 0 Å². The largest absolute Gasteiger partial charge is 0.444 e. The van der Waals surface area contributed by atoms with E-state index in [1.165, 1.54) is 6.42 Å². The highest BCUT2D eigenvalue weighted by Crippen LogP contribution is 2.24. The van der Waals surface area contributed by atoms with Crippen LogP contribution in [0.1, 0.15) is 43.4 Å². The molecule has 1 aromatic heterocycles. The molecule has 0 spiro atoms. The monoisotopic (exact) mass is 196 g/mol. The number of nitrogens with zero attached hydrogens (tertiary/aromatic N) is 1. The first kappa shape index (κ1) is 9.68. The van der Waals surface area contributed by atoms with Crippen LogP contribution in [0.4, 0.5) is 0 Å². The molecule has 0 bridgehead atoms. The van der Waals surface area contributed by atoms with Crippen molar-refractivity contribution < 1.29 is 9.52 Å². The Bertz CT molecular complexity index is 292. The normalized spacial score (nSPS) is 24.0. The van der Waals surface area contributed by atoms with Gasteiger partial charge in [0.1, 0.15) is 5.76 Å². The molecule has 2 unspecified atom stereocenters. The molecule has 1 aliphatic heterocycles. The second-order valence-corrected chi connectivity index (χ2v) is 3.83. The van der Waals surface area contributed by atoms with Crippen LogP contribution in [0, 0.1) is 0 Å². The summed E-state index contributed by atoms with van der Waals surface area (Å²) in [6, 6.07) is 0.273. The van der Waals surface area contributed by atoms with E-state index in [0.29, 0.717) is 0 Å². The van der Waals surface area contributed by atoms with Gasteiger partial charge in [-0.2, -0.15) is 0 Å². The summed E-state index contributed by atoms with van der Waals surface area (Å²) < 4.78 is 5.59. The highest BCUT2D eigenvalue weighted by molar-refractivity contribution is 5.03. The van der Waals surface area contributed by atoms with Crippen molar-refractivity contribution in [3.63, 3.8) is 0 Å². The Hall–Kier alpha value is -0.870. The average Bonchev–Trinajstić information content (AvgIpc) is 2.86. The molecule has 0 aliphatic carbocycles. The number of aromatic nitrogens is 1. The lowest BCUT2D eigenvalue weighted by Crippen LogP contribution is -2.12. The summed E-state index contributed by atoms with van der Waals surface area (Å²) in [6.07, 6.45) is 3.99. The highest BCUT2D eigenvalue weighted by Gasteiger charge is 2.21. The predicted octanol–water partition coefficient (Wildman–Crippen LogP) is 1.19. The Morgan fingerprint density at radius 1 is 1.79 bits per heavy atom. The van der Waals surface area contributed by atoms with Gasteiger partial charge < -0.3 is 14.8 Å². The number of nitrogens with one attached hydrogen (secondary N) is 1. The van der Waals surface area contributed by atoms with Gasteiger partial charge in [0.15, 0.2) is 0 Å². The Kier molecular flexibility index (Phi) is 2.84. The van der Waals surface area contributed by atoms with Gasteiger partial charge in [0, 0.05) is 5.92 Å². The third kappa shape index (κ3) is 1.81. The van der Waals surface area contributed by atoms with E-state index in [0.717, 1.165) is 24.6 Å². The molecule has 2 rings (SSSR count). The molecular formula is C10H16N2O2. The molecule has 1 saturated heterocycles. The fourth-order valence-corrected chi connectivity index (χ4v) is 1.67. The second kappa shape index (κ2) is 4.11. The average molecular weight is 196 g/mol. The molecule has 0 amide bonds. The Balaban J connectivity index is 2.08. The van der Waals surface area contributed by atoms with Crippen LogP contribution in [-0.4, -0.2) is 23.2 Å². The molecule has 2 heterocycles. The fraction of sp³-hybridized carbons (Fsp3) is 0.700. The molecule has 2 N–H and O–H groups in total. The van der Waals surface area contributed by atoms with Gasteiger partial charge in [0.25, 0.3) is 0 Å². The second-order valence-electron chi connectivity index (χ2n) is 3.83. The number of hydrogen-bond donors (Lipinski definition) is 2. The molecule has 4 heteroatoms. The zero-order valence-electron chi connectivity index (χ0n) is 8.36. The highest BCUT2D eigenvalue weighted by atomic mass is 16.4. The summed E-state index contributed by atoms with van der Waals surface area (Å²) in [5.74, 6) is 1.58. The molecule has 0 aromatic carbocycles. The third-order valence-electron chi connectivity index (χ3n) is 2.66. The van der Waals surface area contributed by atoms with Crippen LogP contribution in [0.15, 0.2) is 10.6 Å². The minimum Gasteiger partial charge on any atom is -0.444 e. The van der Waals surface area contributed by atoms with Crippen molar-refractivity contribution in [3.05, 3.63) is 17.8 Å². The number of aliphatic hydroxyl groups is 1. The van der Waals surface area contributed by atoms with E-state index < -0.39 is 0 Å². The van der Waals surface area contributed by atoms with Crippen molar-refractivity contribution in [3.8, 4) is 0 Å². The summed E-state index contributed by atoms with van der Waals surface area (Å²) in [6.45, 7) is 3.07.